The molecule has 0 saturated heterocycles. The summed E-state index contributed by atoms with van der Waals surface area (Å²) in [7, 11) is 0. The van der Waals surface area contributed by atoms with Crippen LogP contribution in [0.15, 0.2) is 9.90 Å². The van der Waals surface area contributed by atoms with E-state index in [1.165, 1.54) is 11.3 Å². The molecule has 108 valence electrons. The summed E-state index contributed by atoms with van der Waals surface area (Å²) < 4.78 is 5.00. The Bertz CT molecular complexity index is 580. The van der Waals surface area contributed by atoms with E-state index in [0.29, 0.717) is 31.3 Å². The Kier molecular flexibility index (Phi) is 4.80. The van der Waals surface area contributed by atoms with Gasteiger partial charge in [0.05, 0.1) is 12.2 Å². The Hall–Kier alpha value is -1.80. The van der Waals surface area contributed by atoms with Crippen molar-refractivity contribution in [3.05, 3.63) is 22.8 Å². The largest absolute Gasteiger partial charge is 0.338 e. The summed E-state index contributed by atoms with van der Waals surface area (Å²) in [6.07, 6.45) is 0. The van der Waals surface area contributed by atoms with Crippen LogP contribution in [0.2, 0.25) is 0 Å². The monoisotopic (exact) mass is 295 g/mol. The molecule has 0 fully saturated rings. The van der Waals surface area contributed by atoms with Crippen LogP contribution in [0.5, 0.6) is 0 Å². The number of hydrogen-bond donors (Lipinski definition) is 1. The lowest BCUT2D eigenvalue weighted by molar-refractivity contribution is -0.116. The number of amides is 1. The van der Waals surface area contributed by atoms with Crippen molar-refractivity contribution in [2.45, 2.75) is 33.9 Å². The van der Waals surface area contributed by atoms with Gasteiger partial charge in [0.1, 0.15) is 0 Å². The molecule has 2 aromatic heterocycles. The minimum atomic E-state index is 0.00249. The van der Waals surface area contributed by atoms with Crippen LogP contribution in [0.25, 0.3) is 0 Å². The summed E-state index contributed by atoms with van der Waals surface area (Å²) in [5, 5.41) is 9.56. The predicted molar refractivity (Wildman–Crippen MR) is 75.4 cm³/mol. The van der Waals surface area contributed by atoms with Gasteiger partial charge in [0, 0.05) is 25.4 Å². The van der Waals surface area contributed by atoms with Crippen molar-refractivity contribution in [2.75, 3.05) is 11.4 Å². The lowest BCUT2D eigenvalue weighted by atomic mass is 10.4. The highest BCUT2D eigenvalue weighted by Gasteiger charge is 2.13. The van der Waals surface area contributed by atoms with Crippen molar-refractivity contribution in [1.29, 1.82) is 0 Å². The molecular weight excluding hydrogens is 278 g/mol. The van der Waals surface area contributed by atoms with Crippen LogP contribution >= 0.6 is 11.3 Å². The number of carbonyl (C=O) groups is 1. The van der Waals surface area contributed by atoms with Gasteiger partial charge in [-0.15, -0.1) is 11.3 Å². The highest BCUT2D eigenvalue weighted by molar-refractivity contribution is 7.14. The van der Waals surface area contributed by atoms with Gasteiger partial charge in [0.25, 0.3) is 0 Å². The quantitative estimate of drug-likeness (QED) is 0.869. The van der Waals surface area contributed by atoms with E-state index in [1.807, 2.05) is 12.3 Å². The number of anilines is 1. The number of hydrogen-bond acceptors (Lipinski definition) is 7. The summed E-state index contributed by atoms with van der Waals surface area (Å²) in [4.78, 5) is 21.6. The lowest BCUT2D eigenvalue weighted by Gasteiger charge is -2.14. The summed E-state index contributed by atoms with van der Waals surface area (Å²) >= 11 is 1.46. The fraction of sp³-hybridized carbons (Fsp3) is 0.500. The van der Waals surface area contributed by atoms with E-state index in [0.717, 1.165) is 10.8 Å². The van der Waals surface area contributed by atoms with Crippen molar-refractivity contribution >= 4 is 22.4 Å². The zero-order valence-corrected chi connectivity index (χ0v) is 12.5. The Morgan fingerprint density at radius 2 is 2.25 bits per heavy atom. The third kappa shape index (κ3) is 3.61. The second kappa shape index (κ2) is 6.58. The maximum atomic E-state index is 11.4. The lowest BCUT2D eigenvalue weighted by Crippen LogP contribution is -2.27. The number of rotatable bonds is 6. The molecular formula is C12H17N5O2S. The summed E-state index contributed by atoms with van der Waals surface area (Å²) in [5.74, 6) is 1.18. The van der Waals surface area contributed by atoms with Crippen molar-refractivity contribution < 1.29 is 9.32 Å². The van der Waals surface area contributed by atoms with E-state index in [1.54, 1.807) is 18.7 Å². The standard InChI is InChI=1S/C12H17N5O2S/c1-4-17(9(3)18)12-15-10(7-20-12)5-13-6-11-14-8(2)16-19-11/h7,13H,4-6H2,1-3H3. The highest BCUT2D eigenvalue weighted by Crippen LogP contribution is 2.20. The molecule has 2 aromatic rings. The third-order valence-electron chi connectivity index (χ3n) is 2.62. The highest BCUT2D eigenvalue weighted by atomic mass is 32.1. The Labute approximate surface area is 121 Å². The molecule has 0 aliphatic rings. The zero-order chi connectivity index (χ0) is 14.5. The van der Waals surface area contributed by atoms with Crippen LogP contribution in [0.1, 0.15) is 31.3 Å². The zero-order valence-electron chi connectivity index (χ0n) is 11.7. The number of nitrogens with zero attached hydrogens (tertiary/aromatic N) is 4. The van der Waals surface area contributed by atoms with Gasteiger partial charge < -0.3 is 9.84 Å². The van der Waals surface area contributed by atoms with Gasteiger partial charge in [-0.05, 0) is 13.8 Å². The molecule has 0 bridgehead atoms. The number of carbonyl (C=O) groups excluding carboxylic acids is 1. The molecule has 0 aliphatic heterocycles. The van der Waals surface area contributed by atoms with E-state index < -0.39 is 0 Å². The Balaban J connectivity index is 1.88. The van der Waals surface area contributed by atoms with Crippen LogP contribution in [-0.2, 0) is 17.9 Å². The van der Waals surface area contributed by atoms with Gasteiger partial charge in [0.2, 0.25) is 11.8 Å². The molecule has 0 atom stereocenters. The second-order valence-corrected chi connectivity index (χ2v) is 5.06. The minimum Gasteiger partial charge on any atom is -0.338 e. The topological polar surface area (TPSA) is 84.2 Å². The smallest absolute Gasteiger partial charge is 0.240 e. The SMILES string of the molecule is CCN(C(C)=O)c1nc(CNCc2nc(C)no2)cs1. The average Bonchev–Trinajstić information content (AvgIpc) is 3.00. The van der Waals surface area contributed by atoms with Gasteiger partial charge in [-0.1, -0.05) is 5.16 Å². The van der Waals surface area contributed by atoms with Crippen LogP contribution in [0.3, 0.4) is 0 Å². The van der Waals surface area contributed by atoms with Crippen LogP contribution in [-0.4, -0.2) is 27.6 Å². The van der Waals surface area contributed by atoms with Gasteiger partial charge in [-0.2, -0.15) is 4.98 Å². The van der Waals surface area contributed by atoms with E-state index in [-0.39, 0.29) is 5.91 Å². The first-order chi connectivity index (χ1) is 9.60. The van der Waals surface area contributed by atoms with Crippen LogP contribution in [0.4, 0.5) is 5.13 Å². The fourth-order valence-electron chi connectivity index (χ4n) is 1.70. The molecule has 0 unspecified atom stereocenters. The number of nitrogens with one attached hydrogen (secondary N) is 1. The van der Waals surface area contributed by atoms with E-state index in [2.05, 4.69) is 20.4 Å². The third-order valence-corrected chi connectivity index (χ3v) is 3.53. The molecule has 8 heteroatoms. The molecule has 2 heterocycles. The van der Waals surface area contributed by atoms with E-state index in [9.17, 15) is 4.79 Å². The maximum Gasteiger partial charge on any atom is 0.240 e. The predicted octanol–water partition coefficient (Wildman–Crippen LogP) is 1.50. The first kappa shape index (κ1) is 14.6. The molecule has 0 radical (unpaired) electrons. The van der Waals surface area contributed by atoms with Crippen LogP contribution < -0.4 is 10.2 Å². The first-order valence-electron chi connectivity index (χ1n) is 6.32. The molecule has 0 aromatic carbocycles. The van der Waals surface area contributed by atoms with Crippen molar-refractivity contribution in [3.63, 3.8) is 0 Å². The van der Waals surface area contributed by atoms with Crippen molar-refractivity contribution in [3.8, 4) is 0 Å². The Morgan fingerprint density at radius 1 is 1.45 bits per heavy atom. The Morgan fingerprint density at radius 3 is 2.85 bits per heavy atom. The summed E-state index contributed by atoms with van der Waals surface area (Å²) in [6.45, 7) is 6.96. The minimum absolute atomic E-state index is 0.00249. The van der Waals surface area contributed by atoms with Crippen molar-refractivity contribution in [2.24, 2.45) is 0 Å². The summed E-state index contributed by atoms with van der Waals surface area (Å²) in [5.41, 5.74) is 0.890. The molecule has 20 heavy (non-hydrogen) atoms. The second-order valence-electron chi connectivity index (χ2n) is 4.22. The van der Waals surface area contributed by atoms with Gasteiger partial charge in [-0.3, -0.25) is 9.69 Å². The molecule has 1 N–H and O–H groups in total. The number of aromatic nitrogens is 3. The molecule has 2 rings (SSSR count). The molecule has 0 spiro atoms. The molecule has 7 nitrogen and oxygen atoms in total. The fourth-order valence-corrected chi connectivity index (χ4v) is 2.64. The summed E-state index contributed by atoms with van der Waals surface area (Å²) in [6, 6.07) is 0. The first-order valence-corrected chi connectivity index (χ1v) is 7.20. The molecule has 1 amide bonds. The van der Waals surface area contributed by atoms with E-state index in [4.69, 9.17) is 4.52 Å². The van der Waals surface area contributed by atoms with Gasteiger partial charge in [-0.25, -0.2) is 4.98 Å². The van der Waals surface area contributed by atoms with Gasteiger partial charge in [0.15, 0.2) is 11.0 Å². The van der Waals surface area contributed by atoms with Crippen molar-refractivity contribution in [1.82, 2.24) is 20.4 Å². The number of thiazole rings is 1. The van der Waals surface area contributed by atoms with Gasteiger partial charge >= 0.3 is 0 Å². The normalized spacial score (nSPS) is 10.8. The molecule has 0 saturated carbocycles. The maximum absolute atomic E-state index is 11.4. The average molecular weight is 295 g/mol. The number of aryl methyl sites for hydroxylation is 1. The van der Waals surface area contributed by atoms with E-state index >= 15 is 0 Å². The van der Waals surface area contributed by atoms with Crippen LogP contribution in [0, 0.1) is 6.92 Å². The molecule has 0 aliphatic carbocycles.